The van der Waals surface area contributed by atoms with Gasteiger partial charge in [0, 0.05) is 10.4 Å². The van der Waals surface area contributed by atoms with Crippen molar-refractivity contribution in [2.75, 3.05) is 0 Å². The monoisotopic (exact) mass is 324 g/mol. The minimum atomic E-state index is -3.68. The summed E-state index contributed by atoms with van der Waals surface area (Å²) in [5.41, 5.74) is 1.62. The summed E-state index contributed by atoms with van der Waals surface area (Å²) in [4.78, 5) is 12.9. The van der Waals surface area contributed by atoms with Gasteiger partial charge in [0.1, 0.15) is 4.21 Å². The molecule has 0 aliphatic heterocycles. The molecule has 1 amide bonds. The lowest BCUT2D eigenvalue weighted by molar-refractivity contribution is 0.0950. The van der Waals surface area contributed by atoms with Gasteiger partial charge in [-0.15, -0.1) is 11.3 Å². The lowest BCUT2D eigenvalue weighted by Crippen LogP contribution is -2.23. The number of nitrogens with one attached hydrogen (secondary N) is 1. The molecule has 21 heavy (non-hydrogen) atoms. The number of rotatable bonds is 5. The highest BCUT2D eigenvalue weighted by molar-refractivity contribution is 7.91. The van der Waals surface area contributed by atoms with E-state index in [2.05, 4.69) is 5.32 Å². The van der Waals surface area contributed by atoms with Crippen LogP contribution in [0.1, 0.15) is 27.7 Å². The van der Waals surface area contributed by atoms with Gasteiger partial charge < -0.3 is 5.32 Å². The van der Waals surface area contributed by atoms with Gasteiger partial charge in [0.15, 0.2) is 0 Å². The Bertz CT molecular complexity index is 751. The third-order valence-corrected chi connectivity index (χ3v) is 5.51. The molecule has 2 aromatic rings. The Morgan fingerprint density at radius 3 is 2.57 bits per heavy atom. The predicted molar refractivity (Wildman–Crippen MR) is 82.7 cm³/mol. The summed E-state index contributed by atoms with van der Waals surface area (Å²) in [5.74, 6) is -0.169. The molecule has 3 N–H and O–H groups in total. The zero-order valence-corrected chi connectivity index (χ0v) is 13.1. The first-order valence-corrected chi connectivity index (χ1v) is 8.75. The molecule has 0 atom stereocenters. The van der Waals surface area contributed by atoms with Crippen LogP contribution in [0.15, 0.2) is 40.6 Å². The molecule has 7 heteroatoms. The Balaban J connectivity index is 2.06. The Morgan fingerprint density at radius 2 is 1.95 bits per heavy atom. The van der Waals surface area contributed by atoms with Crippen LogP contribution in [0.3, 0.4) is 0 Å². The van der Waals surface area contributed by atoms with Crippen molar-refractivity contribution in [1.29, 1.82) is 0 Å². The van der Waals surface area contributed by atoms with Crippen molar-refractivity contribution in [3.05, 3.63) is 52.4 Å². The molecule has 112 valence electrons. The summed E-state index contributed by atoms with van der Waals surface area (Å²) in [6.07, 6.45) is 0.776. The smallest absolute Gasteiger partial charge is 0.251 e. The van der Waals surface area contributed by atoms with Gasteiger partial charge in [0.2, 0.25) is 10.0 Å². The summed E-state index contributed by atoms with van der Waals surface area (Å²) in [5, 5.41) is 7.84. The Hall–Kier alpha value is -1.70. The second kappa shape index (κ2) is 6.38. The first kappa shape index (κ1) is 15.7. The van der Waals surface area contributed by atoms with Gasteiger partial charge in [-0.25, -0.2) is 13.6 Å². The van der Waals surface area contributed by atoms with Crippen molar-refractivity contribution in [3.8, 4) is 0 Å². The second-order valence-corrected chi connectivity index (χ2v) is 7.42. The summed E-state index contributed by atoms with van der Waals surface area (Å²) >= 11 is 1.06. The van der Waals surface area contributed by atoms with Crippen LogP contribution in [0.2, 0.25) is 0 Å². The van der Waals surface area contributed by atoms with E-state index in [1.165, 1.54) is 6.07 Å². The fourth-order valence-corrected chi connectivity index (χ4v) is 3.64. The summed E-state index contributed by atoms with van der Waals surface area (Å²) in [7, 11) is -3.68. The number of aryl methyl sites for hydroxylation is 1. The van der Waals surface area contributed by atoms with E-state index in [4.69, 9.17) is 5.14 Å². The average molecular weight is 324 g/mol. The van der Waals surface area contributed by atoms with Gasteiger partial charge in [-0.2, -0.15) is 0 Å². The van der Waals surface area contributed by atoms with Gasteiger partial charge in [-0.05, 0) is 30.2 Å². The van der Waals surface area contributed by atoms with Crippen LogP contribution in [0.5, 0.6) is 0 Å². The fourth-order valence-electron chi connectivity index (χ4n) is 1.92. The number of thiophene rings is 1. The molecule has 1 heterocycles. The average Bonchev–Trinajstić information content (AvgIpc) is 2.93. The first-order valence-electron chi connectivity index (χ1n) is 6.39. The van der Waals surface area contributed by atoms with Crippen LogP contribution in [0.4, 0.5) is 0 Å². The molecule has 0 bridgehead atoms. The highest BCUT2D eigenvalue weighted by atomic mass is 32.2. The summed E-state index contributed by atoms with van der Waals surface area (Å²) in [6.45, 7) is 2.26. The van der Waals surface area contributed by atoms with E-state index in [-0.39, 0.29) is 16.7 Å². The molecule has 0 unspecified atom stereocenters. The maximum absolute atomic E-state index is 12.2. The third kappa shape index (κ3) is 3.90. The maximum Gasteiger partial charge on any atom is 0.251 e. The molecule has 0 saturated carbocycles. The molecule has 1 aromatic carbocycles. The third-order valence-electron chi connectivity index (χ3n) is 2.98. The van der Waals surface area contributed by atoms with E-state index in [9.17, 15) is 13.2 Å². The largest absolute Gasteiger partial charge is 0.347 e. The number of amides is 1. The van der Waals surface area contributed by atoms with E-state index < -0.39 is 10.0 Å². The highest BCUT2D eigenvalue weighted by Crippen LogP contribution is 2.20. The molecule has 0 radical (unpaired) electrons. The Kier molecular flexibility index (Phi) is 4.76. The standard InChI is InChI=1S/C14H16N2O3S2/c1-2-10-5-3-4-6-12(10)14(17)16-9-11-7-8-13(20-11)21(15,18)19/h3-8H,2,9H2,1H3,(H,16,17)(H2,15,18,19). The number of benzene rings is 1. The van der Waals surface area contributed by atoms with E-state index >= 15 is 0 Å². The fraction of sp³-hybridized carbons (Fsp3) is 0.214. The van der Waals surface area contributed by atoms with E-state index in [1.807, 2.05) is 25.1 Å². The lowest BCUT2D eigenvalue weighted by Gasteiger charge is -2.07. The topological polar surface area (TPSA) is 89.3 Å². The summed E-state index contributed by atoms with van der Waals surface area (Å²) < 4.78 is 22.5. The molecule has 0 saturated heterocycles. The van der Waals surface area contributed by atoms with Gasteiger partial charge in [-0.1, -0.05) is 25.1 Å². The number of hydrogen-bond acceptors (Lipinski definition) is 4. The van der Waals surface area contributed by atoms with Crippen LogP contribution in [-0.2, 0) is 23.0 Å². The molecule has 0 fully saturated rings. The SMILES string of the molecule is CCc1ccccc1C(=O)NCc1ccc(S(N)(=O)=O)s1. The van der Waals surface area contributed by atoms with Crippen LogP contribution in [0.25, 0.3) is 0 Å². The second-order valence-electron chi connectivity index (χ2n) is 4.46. The molecular formula is C14H16N2O3S2. The summed E-state index contributed by atoms with van der Waals surface area (Å²) in [6, 6.07) is 10.5. The van der Waals surface area contributed by atoms with E-state index in [1.54, 1.807) is 12.1 Å². The van der Waals surface area contributed by atoms with Crippen LogP contribution >= 0.6 is 11.3 Å². The number of hydrogen-bond donors (Lipinski definition) is 2. The Labute approximate surface area is 127 Å². The Morgan fingerprint density at radius 1 is 1.24 bits per heavy atom. The zero-order chi connectivity index (χ0) is 15.5. The highest BCUT2D eigenvalue weighted by Gasteiger charge is 2.13. The first-order chi connectivity index (χ1) is 9.91. The van der Waals surface area contributed by atoms with Crippen molar-refractivity contribution >= 4 is 27.3 Å². The quantitative estimate of drug-likeness (QED) is 0.880. The van der Waals surface area contributed by atoms with Crippen molar-refractivity contribution < 1.29 is 13.2 Å². The van der Waals surface area contributed by atoms with Crippen LogP contribution in [-0.4, -0.2) is 14.3 Å². The van der Waals surface area contributed by atoms with E-state index in [0.717, 1.165) is 28.2 Å². The number of nitrogens with two attached hydrogens (primary N) is 1. The number of carbonyl (C=O) groups is 1. The number of sulfonamides is 1. The molecular weight excluding hydrogens is 308 g/mol. The molecule has 5 nitrogen and oxygen atoms in total. The van der Waals surface area contributed by atoms with Crippen molar-refractivity contribution in [1.82, 2.24) is 5.32 Å². The molecule has 2 rings (SSSR count). The van der Waals surface area contributed by atoms with Gasteiger partial charge >= 0.3 is 0 Å². The molecule has 0 aliphatic rings. The van der Waals surface area contributed by atoms with Gasteiger partial charge in [-0.3, -0.25) is 4.79 Å². The van der Waals surface area contributed by atoms with Crippen molar-refractivity contribution in [2.24, 2.45) is 5.14 Å². The molecule has 0 aliphatic carbocycles. The molecule has 0 spiro atoms. The number of carbonyl (C=O) groups excluding carboxylic acids is 1. The van der Waals surface area contributed by atoms with Crippen molar-refractivity contribution in [2.45, 2.75) is 24.1 Å². The predicted octanol–water partition coefficient (Wildman–Crippen LogP) is 1.89. The lowest BCUT2D eigenvalue weighted by atomic mass is 10.0. The van der Waals surface area contributed by atoms with Crippen LogP contribution in [0, 0.1) is 0 Å². The van der Waals surface area contributed by atoms with E-state index in [0.29, 0.717) is 5.56 Å². The zero-order valence-electron chi connectivity index (χ0n) is 11.5. The maximum atomic E-state index is 12.2. The van der Waals surface area contributed by atoms with Gasteiger partial charge in [0.05, 0.1) is 6.54 Å². The van der Waals surface area contributed by atoms with Crippen LogP contribution < -0.4 is 10.5 Å². The minimum absolute atomic E-state index is 0.0979. The minimum Gasteiger partial charge on any atom is -0.347 e. The number of primary sulfonamides is 1. The normalized spacial score (nSPS) is 11.3. The molecule has 1 aromatic heterocycles. The van der Waals surface area contributed by atoms with Crippen molar-refractivity contribution in [3.63, 3.8) is 0 Å². The van der Waals surface area contributed by atoms with Gasteiger partial charge in [0.25, 0.3) is 5.91 Å².